The zero-order valence-electron chi connectivity index (χ0n) is 10.2. The maximum Gasteiger partial charge on any atom is 0.160 e. The van der Waals surface area contributed by atoms with Crippen molar-refractivity contribution in [2.45, 2.75) is 40.0 Å². The summed E-state index contributed by atoms with van der Waals surface area (Å²) >= 11 is 0. The lowest BCUT2D eigenvalue weighted by atomic mass is 10.2. The maximum atomic E-state index is 9.11. The second kappa shape index (κ2) is 8.16. The van der Waals surface area contributed by atoms with Gasteiger partial charge in [-0.15, -0.1) is 0 Å². The molecule has 0 amide bonds. The highest BCUT2D eigenvalue weighted by Gasteiger charge is 1.97. The zero-order valence-corrected chi connectivity index (χ0v) is 10.2. The van der Waals surface area contributed by atoms with Crippen LogP contribution in [0, 0.1) is 6.92 Å². The fourth-order valence-corrected chi connectivity index (χ4v) is 1.14. The van der Waals surface area contributed by atoms with Crippen molar-refractivity contribution in [1.82, 2.24) is 0 Å². The van der Waals surface area contributed by atoms with Gasteiger partial charge in [-0.1, -0.05) is 39.2 Å². The van der Waals surface area contributed by atoms with E-state index < -0.39 is 0 Å². The normalized spacial score (nSPS) is 9.07. The number of aryl methyl sites for hydroxylation is 1. The molecule has 0 fully saturated rings. The summed E-state index contributed by atoms with van der Waals surface area (Å²) < 4.78 is 4.88. The second-order valence-electron chi connectivity index (χ2n) is 3.53. The first-order valence-electron chi connectivity index (χ1n) is 5.49. The van der Waals surface area contributed by atoms with Crippen LogP contribution in [0.15, 0.2) is 18.2 Å². The monoisotopic (exact) mass is 210 g/mol. The first kappa shape index (κ1) is 13.8. The lowest BCUT2D eigenvalue weighted by Crippen LogP contribution is -1.83. The van der Waals surface area contributed by atoms with Crippen molar-refractivity contribution < 1.29 is 9.84 Å². The quantitative estimate of drug-likeness (QED) is 0.819. The van der Waals surface area contributed by atoms with Crippen LogP contribution in [0.2, 0.25) is 0 Å². The number of hydrogen-bond donors (Lipinski definition) is 1. The van der Waals surface area contributed by atoms with Crippen molar-refractivity contribution >= 4 is 0 Å². The highest BCUT2D eigenvalue weighted by molar-refractivity contribution is 5.41. The van der Waals surface area contributed by atoms with Gasteiger partial charge in [-0.25, -0.2) is 0 Å². The number of ether oxygens (including phenoxy) is 1. The fourth-order valence-electron chi connectivity index (χ4n) is 1.14. The Balaban J connectivity index is 0.000000336. The summed E-state index contributed by atoms with van der Waals surface area (Å²) in [5.41, 5.74) is 1.08. The predicted molar refractivity (Wildman–Crippen MR) is 64.6 cm³/mol. The summed E-state index contributed by atoms with van der Waals surface area (Å²) in [6.45, 7) is 6.37. The fraction of sp³-hybridized carbons (Fsp3) is 0.538. The summed E-state index contributed by atoms with van der Waals surface area (Å²) in [5, 5.41) is 9.11. The largest absolute Gasteiger partial charge is 0.504 e. The molecule has 1 rings (SSSR count). The van der Waals surface area contributed by atoms with Crippen LogP contribution in [0.4, 0.5) is 0 Å². The van der Waals surface area contributed by atoms with E-state index in [4.69, 9.17) is 9.84 Å². The average Bonchev–Trinajstić information content (AvgIpc) is 2.24. The molecule has 0 aliphatic carbocycles. The van der Waals surface area contributed by atoms with Crippen molar-refractivity contribution in [3.63, 3.8) is 0 Å². The molecule has 0 saturated carbocycles. The minimum atomic E-state index is 0.188. The standard InChI is InChI=1S/C8H10O2.C5H12/c1-6-3-4-7(9)8(5-6)10-2;1-3-5-4-2/h3-5,9H,1-2H3;3-5H2,1-2H3. The molecule has 86 valence electrons. The van der Waals surface area contributed by atoms with Crippen molar-refractivity contribution in [1.29, 1.82) is 0 Å². The molecule has 0 spiro atoms. The summed E-state index contributed by atoms with van der Waals surface area (Å²) in [7, 11) is 1.54. The van der Waals surface area contributed by atoms with E-state index in [-0.39, 0.29) is 5.75 Å². The number of benzene rings is 1. The highest BCUT2D eigenvalue weighted by Crippen LogP contribution is 2.25. The Morgan fingerprint density at radius 2 is 1.80 bits per heavy atom. The van der Waals surface area contributed by atoms with Gasteiger partial charge in [0.05, 0.1) is 7.11 Å². The number of phenols is 1. The second-order valence-corrected chi connectivity index (χ2v) is 3.53. The first-order chi connectivity index (χ1) is 7.15. The number of phenolic OH excluding ortho intramolecular Hbond substituents is 1. The third-order valence-corrected chi connectivity index (χ3v) is 2.04. The van der Waals surface area contributed by atoms with Crippen molar-refractivity contribution in [3.05, 3.63) is 23.8 Å². The molecule has 1 aromatic carbocycles. The van der Waals surface area contributed by atoms with E-state index in [2.05, 4.69) is 13.8 Å². The molecule has 2 heteroatoms. The molecule has 2 nitrogen and oxygen atoms in total. The van der Waals surface area contributed by atoms with Gasteiger partial charge in [-0.3, -0.25) is 0 Å². The minimum Gasteiger partial charge on any atom is -0.504 e. The molecule has 0 heterocycles. The molecule has 0 aromatic heterocycles. The number of rotatable bonds is 3. The Bertz CT molecular complexity index is 267. The van der Waals surface area contributed by atoms with E-state index >= 15 is 0 Å². The number of methoxy groups -OCH3 is 1. The van der Waals surface area contributed by atoms with Crippen molar-refractivity contribution in [3.8, 4) is 11.5 Å². The summed E-state index contributed by atoms with van der Waals surface area (Å²) in [5.74, 6) is 0.716. The van der Waals surface area contributed by atoms with E-state index in [9.17, 15) is 0 Å². The van der Waals surface area contributed by atoms with E-state index in [1.807, 2.05) is 13.0 Å². The lowest BCUT2D eigenvalue weighted by molar-refractivity contribution is 0.373. The number of hydrogen-bond acceptors (Lipinski definition) is 2. The smallest absolute Gasteiger partial charge is 0.160 e. The number of aromatic hydroxyl groups is 1. The number of unbranched alkanes of at least 4 members (excludes halogenated alkanes) is 2. The Morgan fingerprint density at radius 3 is 2.13 bits per heavy atom. The molecule has 0 aliphatic heterocycles. The van der Waals surface area contributed by atoms with Crippen LogP contribution in [0.5, 0.6) is 11.5 Å². The lowest BCUT2D eigenvalue weighted by Gasteiger charge is -2.02. The van der Waals surface area contributed by atoms with Gasteiger partial charge in [-0.05, 0) is 24.6 Å². The van der Waals surface area contributed by atoms with Crippen molar-refractivity contribution in [2.24, 2.45) is 0 Å². The molecule has 0 bridgehead atoms. The molecule has 0 unspecified atom stereocenters. The summed E-state index contributed by atoms with van der Waals surface area (Å²) in [4.78, 5) is 0. The highest BCUT2D eigenvalue weighted by atomic mass is 16.5. The molecular weight excluding hydrogens is 188 g/mol. The SMILES string of the molecule is CCCCC.COc1cc(C)ccc1O. The van der Waals surface area contributed by atoms with Crippen LogP contribution in [0.1, 0.15) is 38.7 Å². The molecule has 1 aromatic rings. The molecule has 0 atom stereocenters. The van der Waals surface area contributed by atoms with Gasteiger partial charge < -0.3 is 9.84 Å². The van der Waals surface area contributed by atoms with Crippen LogP contribution in [0.3, 0.4) is 0 Å². The Labute approximate surface area is 92.9 Å². The third-order valence-electron chi connectivity index (χ3n) is 2.04. The molecule has 0 radical (unpaired) electrons. The van der Waals surface area contributed by atoms with Crippen LogP contribution < -0.4 is 4.74 Å². The molecular formula is C13H22O2. The van der Waals surface area contributed by atoms with Gasteiger partial charge >= 0.3 is 0 Å². The van der Waals surface area contributed by atoms with Gasteiger partial charge in [0.2, 0.25) is 0 Å². The molecule has 0 saturated heterocycles. The van der Waals surface area contributed by atoms with Gasteiger partial charge in [0.15, 0.2) is 11.5 Å². The van der Waals surface area contributed by atoms with Crippen molar-refractivity contribution in [2.75, 3.05) is 7.11 Å². The Kier molecular flexibility index (Phi) is 7.51. The van der Waals surface area contributed by atoms with Gasteiger partial charge in [-0.2, -0.15) is 0 Å². The van der Waals surface area contributed by atoms with Crippen LogP contribution in [-0.4, -0.2) is 12.2 Å². The van der Waals surface area contributed by atoms with Gasteiger partial charge in [0.25, 0.3) is 0 Å². The first-order valence-corrected chi connectivity index (χ1v) is 5.49. The van der Waals surface area contributed by atoms with Crippen LogP contribution in [0.25, 0.3) is 0 Å². The van der Waals surface area contributed by atoms with Gasteiger partial charge in [0.1, 0.15) is 0 Å². The van der Waals surface area contributed by atoms with E-state index in [1.165, 1.54) is 26.4 Å². The zero-order chi connectivity index (χ0) is 11.7. The van der Waals surface area contributed by atoms with E-state index in [1.54, 1.807) is 12.1 Å². The molecule has 15 heavy (non-hydrogen) atoms. The van der Waals surface area contributed by atoms with Gasteiger partial charge in [0, 0.05) is 0 Å². The summed E-state index contributed by atoms with van der Waals surface area (Å²) in [6, 6.07) is 5.24. The minimum absolute atomic E-state index is 0.188. The Morgan fingerprint density at radius 1 is 1.20 bits per heavy atom. The van der Waals surface area contributed by atoms with E-state index in [0.29, 0.717) is 5.75 Å². The molecule has 1 N–H and O–H groups in total. The third kappa shape index (κ3) is 6.00. The van der Waals surface area contributed by atoms with Crippen LogP contribution in [-0.2, 0) is 0 Å². The maximum absolute atomic E-state index is 9.11. The molecule has 0 aliphatic rings. The Hall–Kier alpha value is -1.18. The summed E-state index contributed by atoms with van der Waals surface area (Å²) in [6.07, 6.45) is 4.08. The predicted octanol–water partition coefficient (Wildman–Crippen LogP) is 3.91. The van der Waals surface area contributed by atoms with Crippen LogP contribution >= 0.6 is 0 Å². The van der Waals surface area contributed by atoms with E-state index in [0.717, 1.165) is 5.56 Å². The average molecular weight is 210 g/mol. The topological polar surface area (TPSA) is 29.5 Å².